The predicted octanol–water partition coefficient (Wildman–Crippen LogP) is 1.14. The third-order valence-electron chi connectivity index (χ3n) is 2.58. The van der Waals surface area contributed by atoms with Crippen LogP contribution in [-0.4, -0.2) is 38.9 Å². The molecule has 14 heavy (non-hydrogen) atoms. The van der Waals surface area contributed by atoms with Gasteiger partial charge in [-0.1, -0.05) is 13.3 Å². The van der Waals surface area contributed by atoms with Crippen LogP contribution < -0.4 is 10.6 Å². The van der Waals surface area contributed by atoms with E-state index in [2.05, 4.69) is 17.6 Å². The van der Waals surface area contributed by atoms with Gasteiger partial charge in [-0.2, -0.15) is 0 Å². The summed E-state index contributed by atoms with van der Waals surface area (Å²) >= 11 is 0. The minimum Gasteiger partial charge on any atom is -0.377 e. The van der Waals surface area contributed by atoms with Gasteiger partial charge >= 0.3 is 0 Å². The highest BCUT2D eigenvalue weighted by Crippen LogP contribution is 2.10. The van der Waals surface area contributed by atoms with E-state index in [0.29, 0.717) is 6.10 Å². The number of rotatable bonds is 8. The van der Waals surface area contributed by atoms with Crippen molar-refractivity contribution in [2.75, 3.05) is 32.8 Å². The van der Waals surface area contributed by atoms with E-state index in [1.165, 1.54) is 25.7 Å². The minimum absolute atomic E-state index is 0.477. The minimum atomic E-state index is 0.477. The summed E-state index contributed by atoms with van der Waals surface area (Å²) in [6.07, 6.45) is 5.50. The Bertz CT molecular complexity index is 124. The first kappa shape index (κ1) is 12.0. The molecule has 0 radical (unpaired) electrons. The molecule has 0 aromatic carbocycles. The topological polar surface area (TPSA) is 33.3 Å². The smallest absolute Gasteiger partial charge is 0.0700 e. The SMILES string of the molecule is CCCCNCCNCC1CCCO1. The number of unbranched alkanes of at least 4 members (excludes halogenated alkanes) is 1. The lowest BCUT2D eigenvalue weighted by atomic mass is 10.2. The lowest BCUT2D eigenvalue weighted by Gasteiger charge is -2.10. The highest BCUT2D eigenvalue weighted by Gasteiger charge is 2.13. The van der Waals surface area contributed by atoms with Gasteiger partial charge in [-0.05, 0) is 25.8 Å². The lowest BCUT2D eigenvalue weighted by molar-refractivity contribution is 0.110. The van der Waals surface area contributed by atoms with Gasteiger partial charge in [0.2, 0.25) is 0 Å². The maximum Gasteiger partial charge on any atom is 0.0700 e. The van der Waals surface area contributed by atoms with Crippen molar-refractivity contribution in [2.45, 2.75) is 38.7 Å². The quantitative estimate of drug-likeness (QED) is 0.577. The summed E-state index contributed by atoms with van der Waals surface area (Å²) in [5.74, 6) is 0. The first-order chi connectivity index (χ1) is 6.93. The molecule has 1 rings (SSSR count). The van der Waals surface area contributed by atoms with Crippen molar-refractivity contribution in [1.82, 2.24) is 10.6 Å². The van der Waals surface area contributed by atoms with E-state index < -0.39 is 0 Å². The van der Waals surface area contributed by atoms with Crippen molar-refractivity contribution in [1.29, 1.82) is 0 Å². The fourth-order valence-corrected chi connectivity index (χ4v) is 1.67. The number of hydrogen-bond acceptors (Lipinski definition) is 3. The first-order valence-electron chi connectivity index (χ1n) is 5.96. The Morgan fingerprint density at radius 1 is 1.21 bits per heavy atom. The largest absolute Gasteiger partial charge is 0.377 e. The van der Waals surface area contributed by atoms with Crippen LogP contribution in [0.1, 0.15) is 32.6 Å². The van der Waals surface area contributed by atoms with Crippen molar-refractivity contribution in [2.24, 2.45) is 0 Å². The van der Waals surface area contributed by atoms with Gasteiger partial charge in [0.15, 0.2) is 0 Å². The summed E-state index contributed by atoms with van der Waals surface area (Å²) < 4.78 is 5.52. The van der Waals surface area contributed by atoms with Crippen molar-refractivity contribution in [3.8, 4) is 0 Å². The van der Waals surface area contributed by atoms with Gasteiger partial charge in [-0.15, -0.1) is 0 Å². The molecule has 3 nitrogen and oxygen atoms in total. The zero-order valence-electron chi connectivity index (χ0n) is 9.35. The second-order valence-corrected chi connectivity index (χ2v) is 3.94. The Labute approximate surface area is 87.6 Å². The van der Waals surface area contributed by atoms with Gasteiger partial charge in [0, 0.05) is 26.2 Å². The molecule has 1 unspecified atom stereocenters. The molecule has 1 atom stereocenters. The van der Waals surface area contributed by atoms with Crippen LogP contribution in [0.2, 0.25) is 0 Å². The van der Waals surface area contributed by atoms with Crippen molar-refractivity contribution in [3.63, 3.8) is 0 Å². The molecule has 0 spiro atoms. The second-order valence-electron chi connectivity index (χ2n) is 3.94. The third-order valence-corrected chi connectivity index (χ3v) is 2.58. The summed E-state index contributed by atoms with van der Waals surface area (Å²) in [6, 6.07) is 0. The van der Waals surface area contributed by atoms with Crippen LogP contribution >= 0.6 is 0 Å². The highest BCUT2D eigenvalue weighted by molar-refractivity contribution is 4.67. The zero-order chi connectivity index (χ0) is 10.1. The predicted molar refractivity (Wildman–Crippen MR) is 59.6 cm³/mol. The Hall–Kier alpha value is -0.120. The molecule has 0 aromatic rings. The van der Waals surface area contributed by atoms with Crippen LogP contribution in [0.25, 0.3) is 0 Å². The summed E-state index contributed by atoms with van der Waals surface area (Å²) in [5.41, 5.74) is 0. The molecular weight excluding hydrogens is 176 g/mol. The standard InChI is InChI=1S/C11H24N2O/c1-2-3-6-12-7-8-13-10-11-5-4-9-14-11/h11-13H,2-10H2,1H3. The Morgan fingerprint density at radius 2 is 2.07 bits per heavy atom. The van der Waals surface area contributed by atoms with Gasteiger partial charge < -0.3 is 15.4 Å². The van der Waals surface area contributed by atoms with Gasteiger partial charge in [-0.25, -0.2) is 0 Å². The molecule has 0 bridgehead atoms. The van der Waals surface area contributed by atoms with E-state index >= 15 is 0 Å². The van der Waals surface area contributed by atoms with Gasteiger partial charge in [0.25, 0.3) is 0 Å². The fraction of sp³-hybridized carbons (Fsp3) is 1.00. The van der Waals surface area contributed by atoms with Crippen LogP contribution in [0.4, 0.5) is 0 Å². The van der Waals surface area contributed by atoms with E-state index in [-0.39, 0.29) is 0 Å². The fourth-order valence-electron chi connectivity index (χ4n) is 1.67. The van der Waals surface area contributed by atoms with Gasteiger partial charge in [0.1, 0.15) is 0 Å². The first-order valence-corrected chi connectivity index (χ1v) is 5.96. The molecule has 1 saturated heterocycles. The number of ether oxygens (including phenoxy) is 1. The molecule has 2 N–H and O–H groups in total. The van der Waals surface area contributed by atoms with Gasteiger partial charge in [0.05, 0.1) is 6.10 Å². The molecule has 0 saturated carbocycles. The van der Waals surface area contributed by atoms with Gasteiger partial charge in [-0.3, -0.25) is 0 Å². The lowest BCUT2D eigenvalue weighted by Crippen LogP contribution is -2.32. The van der Waals surface area contributed by atoms with Crippen LogP contribution in [0.5, 0.6) is 0 Å². The maximum absolute atomic E-state index is 5.52. The maximum atomic E-state index is 5.52. The summed E-state index contributed by atoms with van der Waals surface area (Å²) in [4.78, 5) is 0. The van der Waals surface area contributed by atoms with E-state index in [1.807, 2.05) is 0 Å². The molecule has 84 valence electrons. The van der Waals surface area contributed by atoms with Crippen LogP contribution in [0, 0.1) is 0 Å². The molecule has 0 aliphatic carbocycles. The summed E-state index contributed by atoms with van der Waals surface area (Å²) in [5, 5.41) is 6.83. The van der Waals surface area contributed by atoms with E-state index in [4.69, 9.17) is 4.74 Å². The molecule has 0 amide bonds. The summed E-state index contributed by atoms with van der Waals surface area (Å²) in [6.45, 7) is 7.49. The average molecular weight is 200 g/mol. The molecular formula is C11H24N2O. The normalized spacial score (nSPS) is 21.6. The number of nitrogens with one attached hydrogen (secondary N) is 2. The Morgan fingerprint density at radius 3 is 2.79 bits per heavy atom. The summed E-state index contributed by atoms with van der Waals surface area (Å²) in [7, 11) is 0. The molecule has 1 aliphatic rings. The average Bonchev–Trinajstić information content (AvgIpc) is 2.69. The molecule has 3 heteroatoms. The van der Waals surface area contributed by atoms with Crippen LogP contribution in [-0.2, 0) is 4.74 Å². The molecule has 1 heterocycles. The Balaban J connectivity index is 1.75. The molecule has 1 aliphatic heterocycles. The molecule has 0 aromatic heterocycles. The van der Waals surface area contributed by atoms with E-state index in [9.17, 15) is 0 Å². The van der Waals surface area contributed by atoms with Crippen molar-refractivity contribution >= 4 is 0 Å². The van der Waals surface area contributed by atoms with Crippen molar-refractivity contribution < 1.29 is 4.74 Å². The zero-order valence-corrected chi connectivity index (χ0v) is 9.35. The van der Waals surface area contributed by atoms with E-state index in [0.717, 1.165) is 32.8 Å². The third kappa shape index (κ3) is 5.58. The second kappa shape index (κ2) is 8.21. The molecule has 1 fully saturated rings. The van der Waals surface area contributed by atoms with Crippen LogP contribution in [0.15, 0.2) is 0 Å². The van der Waals surface area contributed by atoms with Crippen molar-refractivity contribution in [3.05, 3.63) is 0 Å². The monoisotopic (exact) mass is 200 g/mol. The van der Waals surface area contributed by atoms with E-state index in [1.54, 1.807) is 0 Å². The van der Waals surface area contributed by atoms with Crippen LogP contribution in [0.3, 0.4) is 0 Å². The Kier molecular flexibility index (Phi) is 7.01. The highest BCUT2D eigenvalue weighted by atomic mass is 16.5. The number of hydrogen-bond donors (Lipinski definition) is 2.